The van der Waals surface area contributed by atoms with Crippen LogP contribution in [0.1, 0.15) is 42.5 Å². The molecule has 2 N–H and O–H groups in total. The van der Waals surface area contributed by atoms with E-state index in [0.717, 1.165) is 44.7 Å². The summed E-state index contributed by atoms with van der Waals surface area (Å²) in [7, 11) is 0. The van der Waals surface area contributed by atoms with Gasteiger partial charge in [-0.3, -0.25) is 9.69 Å². The second kappa shape index (κ2) is 7.09. The smallest absolute Gasteiger partial charge is 0.251 e. The summed E-state index contributed by atoms with van der Waals surface area (Å²) in [4.78, 5) is 15.2. The number of aromatic amines is 1. The molecule has 0 atom stereocenters. The van der Waals surface area contributed by atoms with Crippen molar-refractivity contribution in [1.82, 2.24) is 25.6 Å². The van der Waals surface area contributed by atoms with Gasteiger partial charge >= 0.3 is 0 Å². The Kier molecular flexibility index (Phi) is 4.67. The van der Waals surface area contributed by atoms with Crippen LogP contribution in [0.2, 0.25) is 0 Å². The van der Waals surface area contributed by atoms with Crippen LogP contribution in [0.5, 0.6) is 0 Å². The van der Waals surface area contributed by atoms with Crippen LogP contribution in [-0.4, -0.2) is 64.6 Å². The molecule has 2 aromatic rings. The molecule has 0 aliphatic carbocycles. The first-order valence-electron chi connectivity index (χ1n) is 9.18. The third-order valence-corrected chi connectivity index (χ3v) is 5.61. The number of hydrogen-bond donors (Lipinski definition) is 2. The lowest BCUT2D eigenvalue weighted by molar-refractivity contribution is -0.0349. The maximum atomic E-state index is 12.7. The second-order valence-electron chi connectivity index (χ2n) is 7.09. The van der Waals surface area contributed by atoms with Gasteiger partial charge in [-0.25, -0.2) is 0 Å². The van der Waals surface area contributed by atoms with Crippen LogP contribution >= 0.6 is 0 Å². The average molecular weight is 343 g/mol. The monoisotopic (exact) mass is 343 g/mol. The average Bonchev–Trinajstić information content (AvgIpc) is 3.15. The molecule has 7 nitrogen and oxygen atoms in total. The number of carbonyl (C=O) groups is 1. The fraction of sp³-hybridized carbons (Fsp3) is 0.611. The lowest BCUT2D eigenvalue weighted by Gasteiger charge is -2.48. The van der Waals surface area contributed by atoms with Crippen LogP contribution < -0.4 is 5.32 Å². The number of carbonyl (C=O) groups excluding carboxylic acids is 1. The minimum atomic E-state index is -0.0484. The molecule has 134 valence electrons. The third kappa shape index (κ3) is 3.39. The second-order valence-corrected chi connectivity index (χ2v) is 7.09. The van der Waals surface area contributed by atoms with Crippen molar-refractivity contribution in [2.45, 2.75) is 37.6 Å². The van der Waals surface area contributed by atoms with E-state index in [4.69, 9.17) is 4.74 Å². The molecule has 1 aromatic carbocycles. The van der Waals surface area contributed by atoms with Gasteiger partial charge in [0, 0.05) is 30.9 Å². The van der Waals surface area contributed by atoms with Gasteiger partial charge in [-0.05, 0) is 57.0 Å². The number of benzene rings is 1. The van der Waals surface area contributed by atoms with Crippen molar-refractivity contribution in [2.24, 2.45) is 0 Å². The molecule has 1 amide bonds. The molecule has 7 heteroatoms. The fourth-order valence-corrected chi connectivity index (χ4v) is 4.05. The minimum absolute atomic E-state index is 0.0340. The van der Waals surface area contributed by atoms with Crippen molar-refractivity contribution in [1.29, 1.82) is 0 Å². The Labute approximate surface area is 147 Å². The van der Waals surface area contributed by atoms with Crippen molar-refractivity contribution < 1.29 is 9.53 Å². The first kappa shape index (κ1) is 16.5. The Balaban J connectivity index is 1.47. The van der Waals surface area contributed by atoms with Crippen molar-refractivity contribution in [3.05, 3.63) is 23.8 Å². The summed E-state index contributed by atoms with van der Waals surface area (Å²) >= 11 is 0. The molecule has 0 saturated carbocycles. The molecule has 0 spiro atoms. The molecule has 4 rings (SSSR count). The number of fused-ring (bicyclic) bond motifs is 1. The van der Waals surface area contributed by atoms with Crippen LogP contribution in [0.3, 0.4) is 0 Å². The van der Waals surface area contributed by atoms with E-state index in [0.29, 0.717) is 17.6 Å². The van der Waals surface area contributed by atoms with Crippen molar-refractivity contribution in [2.75, 3.05) is 32.8 Å². The molecule has 25 heavy (non-hydrogen) atoms. The lowest BCUT2D eigenvalue weighted by Crippen LogP contribution is -2.59. The zero-order valence-electron chi connectivity index (χ0n) is 14.5. The summed E-state index contributed by atoms with van der Waals surface area (Å²) in [5.41, 5.74) is 2.14. The number of piperidine rings is 1. The predicted molar refractivity (Wildman–Crippen MR) is 94.4 cm³/mol. The Morgan fingerprint density at radius 2 is 1.92 bits per heavy atom. The first-order chi connectivity index (χ1) is 12.3. The van der Waals surface area contributed by atoms with E-state index < -0.39 is 0 Å². The highest BCUT2D eigenvalue weighted by molar-refractivity contribution is 5.97. The van der Waals surface area contributed by atoms with Gasteiger partial charge < -0.3 is 10.1 Å². The summed E-state index contributed by atoms with van der Waals surface area (Å²) in [6.45, 7) is 4.47. The van der Waals surface area contributed by atoms with E-state index in [2.05, 4.69) is 25.6 Å². The van der Waals surface area contributed by atoms with Gasteiger partial charge in [0.05, 0.1) is 0 Å². The van der Waals surface area contributed by atoms with E-state index in [-0.39, 0.29) is 11.4 Å². The zero-order valence-corrected chi connectivity index (χ0v) is 14.5. The van der Waals surface area contributed by atoms with Gasteiger partial charge in [-0.1, -0.05) is 6.42 Å². The maximum absolute atomic E-state index is 12.7. The SMILES string of the molecule is O=C(NCC1(N2CCCCC2)CCOCC1)c1ccc2n[nH]nc2c1. The lowest BCUT2D eigenvalue weighted by atomic mass is 9.86. The Hall–Kier alpha value is -1.99. The Morgan fingerprint density at radius 3 is 2.72 bits per heavy atom. The number of ether oxygens (including phenoxy) is 1. The van der Waals surface area contributed by atoms with Crippen LogP contribution in [-0.2, 0) is 4.74 Å². The van der Waals surface area contributed by atoms with Crippen LogP contribution in [0.15, 0.2) is 18.2 Å². The normalized spacial score (nSPS) is 21.3. The summed E-state index contributed by atoms with van der Waals surface area (Å²) in [6.07, 6.45) is 5.77. The van der Waals surface area contributed by atoms with E-state index in [9.17, 15) is 4.79 Å². The van der Waals surface area contributed by atoms with Gasteiger partial charge in [0.15, 0.2) is 0 Å². The standard InChI is InChI=1S/C18H25N5O2/c24-17(14-4-5-15-16(12-14)21-22-20-15)19-13-18(6-10-25-11-7-18)23-8-2-1-3-9-23/h4-5,12H,1-3,6-11,13H2,(H,19,24)(H,20,21,22). The fourth-order valence-electron chi connectivity index (χ4n) is 4.05. The summed E-state index contributed by atoms with van der Waals surface area (Å²) in [5.74, 6) is -0.0484. The zero-order chi connectivity index (χ0) is 17.1. The van der Waals surface area contributed by atoms with Crippen LogP contribution in [0.4, 0.5) is 0 Å². The number of nitrogens with one attached hydrogen (secondary N) is 2. The van der Waals surface area contributed by atoms with Gasteiger partial charge in [-0.2, -0.15) is 15.4 Å². The minimum Gasteiger partial charge on any atom is -0.381 e. The highest BCUT2D eigenvalue weighted by atomic mass is 16.5. The predicted octanol–water partition coefficient (Wildman–Crippen LogP) is 1.72. The highest BCUT2D eigenvalue weighted by Gasteiger charge is 2.39. The van der Waals surface area contributed by atoms with Gasteiger partial charge in [0.2, 0.25) is 0 Å². The summed E-state index contributed by atoms with van der Waals surface area (Å²) < 4.78 is 5.59. The number of hydrogen-bond acceptors (Lipinski definition) is 5. The summed E-state index contributed by atoms with van der Waals surface area (Å²) in [5, 5.41) is 13.8. The van der Waals surface area contributed by atoms with Gasteiger partial charge in [0.25, 0.3) is 5.91 Å². The molecule has 0 radical (unpaired) electrons. The maximum Gasteiger partial charge on any atom is 0.251 e. The van der Waals surface area contributed by atoms with Gasteiger partial charge in [0.1, 0.15) is 11.0 Å². The number of likely N-dealkylation sites (tertiary alicyclic amines) is 1. The van der Waals surface area contributed by atoms with Crippen LogP contribution in [0.25, 0.3) is 11.0 Å². The topological polar surface area (TPSA) is 83.1 Å². The van der Waals surface area contributed by atoms with E-state index in [1.807, 2.05) is 6.07 Å². The number of aromatic nitrogens is 3. The largest absolute Gasteiger partial charge is 0.381 e. The van der Waals surface area contributed by atoms with Gasteiger partial charge in [-0.15, -0.1) is 0 Å². The Bertz CT molecular complexity index is 732. The molecule has 0 bridgehead atoms. The molecular formula is C18H25N5O2. The summed E-state index contributed by atoms with van der Waals surface area (Å²) in [6, 6.07) is 5.41. The number of rotatable bonds is 4. The van der Waals surface area contributed by atoms with E-state index >= 15 is 0 Å². The molecule has 2 fully saturated rings. The van der Waals surface area contributed by atoms with Crippen molar-refractivity contribution in [3.63, 3.8) is 0 Å². The highest BCUT2D eigenvalue weighted by Crippen LogP contribution is 2.30. The quantitative estimate of drug-likeness (QED) is 0.883. The number of nitrogens with zero attached hydrogens (tertiary/aromatic N) is 3. The van der Waals surface area contributed by atoms with Crippen molar-refractivity contribution >= 4 is 16.9 Å². The number of amides is 1. The molecule has 1 aromatic heterocycles. The number of H-pyrrole nitrogens is 1. The molecule has 2 aliphatic rings. The van der Waals surface area contributed by atoms with Crippen molar-refractivity contribution in [3.8, 4) is 0 Å². The first-order valence-corrected chi connectivity index (χ1v) is 9.18. The van der Waals surface area contributed by atoms with E-state index in [1.54, 1.807) is 12.1 Å². The van der Waals surface area contributed by atoms with E-state index in [1.165, 1.54) is 19.3 Å². The third-order valence-electron chi connectivity index (χ3n) is 5.61. The molecule has 2 aliphatic heterocycles. The molecular weight excluding hydrogens is 318 g/mol. The Morgan fingerprint density at radius 1 is 1.16 bits per heavy atom. The van der Waals surface area contributed by atoms with Crippen LogP contribution in [0, 0.1) is 0 Å². The molecule has 2 saturated heterocycles. The molecule has 0 unspecified atom stereocenters. The molecule has 3 heterocycles.